The molecule has 1 aliphatic heterocycles. The van der Waals surface area contributed by atoms with Gasteiger partial charge in [0.2, 0.25) is 5.91 Å². The second-order valence-corrected chi connectivity index (χ2v) is 6.31. The van der Waals surface area contributed by atoms with Gasteiger partial charge in [0.05, 0.1) is 0 Å². The van der Waals surface area contributed by atoms with Crippen LogP contribution in [0.4, 0.5) is 8.78 Å². The van der Waals surface area contributed by atoms with E-state index in [0.29, 0.717) is 17.9 Å². The average molecular weight is 324 g/mol. The molecule has 1 heterocycles. The van der Waals surface area contributed by atoms with Crippen molar-refractivity contribution < 1.29 is 13.6 Å². The van der Waals surface area contributed by atoms with Gasteiger partial charge in [0.25, 0.3) is 0 Å². The van der Waals surface area contributed by atoms with E-state index in [0.717, 1.165) is 32.0 Å². The van der Waals surface area contributed by atoms with E-state index in [1.54, 1.807) is 0 Å². The number of amides is 1. The minimum Gasteiger partial charge on any atom is -0.342 e. The molecule has 1 saturated heterocycles. The van der Waals surface area contributed by atoms with Crippen LogP contribution in [0.25, 0.3) is 0 Å². The first-order chi connectivity index (χ1) is 11.0. The summed E-state index contributed by atoms with van der Waals surface area (Å²) in [5, 5.41) is 3.44. The van der Waals surface area contributed by atoms with Crippen LogP contribution in [0.1, 0.15) is 51.6 Å². The molecule has 0 radical (unpaired) electrons. The van der Waals surface area contributed by atoms with Crippen LogP contribution < -0.4 is 5.32 Å². The van der Waals surface area contributed by atoms with Crippen molar-refractivity contribution in [2.45, 2.75) is 52.1 Å². The molecule has 1 aromatic carbocycles. The molecule has 1 aromatic rings. The lowest BCUT2D eigenvalue weighted by Crippen LogP contribution is -2.51. The van der Waals surface area contributed by atoms with Gasteiger partial charge in [0.1, 0.15) is 11.6 Å². The van der Waals surface area contributed by atoms with Gasteiger partial charge in [-0.05, 0) is 37.5 Å². The summed E-state index contributed by atoms with van der Waals surface area (Å²) in [4.78, 5) is 13.8. The van der Waals surface area contributed by atoms with Crippen LogP contribution in [-0.2, 0) is 4.79 Å². The van der Waals surface area contributed by atoms with E-state index < -0.39 is 11.6 Å². The minimum absolute atomic E-state index is 0.186. The van der Waals surface area contributed by atoms with Crippen molar-refractivity contribution in [1.29, 1.82) is 0 Å². The third kappa shape index (κ3) is 4.28. The standard InChI is InChI=1S/C18H26F2N2O/c1-4-13-11-22(18(23)5-2)9-8-17(13)21-12(3)15-10-14(19)6-7-16(15)20/h6-7,10,12-13,17,21H,4-5,8-9,11H2,1-3H3. The van der Waals surface area contributed by atoms with Gasteiger partial charge in [0, 0.05) is 37.2 Å². The Morgan fingerprint density at radius 3 is 2.78 bits per heavy atom. The van der Waals surface area contributed by atoms with Gasteiger partial charge >= 0.3 is 0 Å². The summed E-state index contributed by atoms with van der Waals surface area (Å²) in [5.74, 6) is -0.298. The molecule has 1 N–H and O–H groups in total. The van der Waals surface area contributed by atoms with E-state index in [2.05, 4.69) is 12.2 Å². The molecular weight excluding hydrogens is 298 g/mol. The van der Waals surface area contributed by atoms with E-state index in [1.807, 2.05) is 18.7 Å². The molecule has 2 rings (SSSR count). The largest absolute Gasteiger partial charge is 0.342 e. The van der Waals surface area contributed by atoms with Crippen molar-refractivity contribution in [2.24, 2.45) is 5.92 Å². The number of piperidine rings is 1. The maximum absolute atomic E-state index is 13.9. The van der Waals surface area contributed by atoms with Gasteiger partial charge in [-0.2, -0.15) is 0 Å². The van der Waals surface area contributed by atoms with E-state index in [1.165, 1.54) is 12.1 Å². The van der Waals surface area contributed by atoms with E-state index in [4.69, 9.17) is 0 Å². The third-order valence-electron chi connectivity index (χ3n) is 4.80. The Balaban J connectivity index is 2.04. The number of hydrogen-bond donors (Lipinski definition) is 1. The molecule has 5 heteroatoms. The monoisotopic (exact) mass is 324 g/mol. The Morgan fingerprint density at radius 2 is 2.13 bits per heavy atom. The molecule has 3 nitrogen and oxygen atoms in total. The number of rotatable bonds is 5. The zero-order valence-electron chi connectivity index (χ0n) is 14.1. The third-order valence-corrected chi connectivity index (χ3v) is 4.80. The first-order valence-corrected chi connectivity index (χ1v) is 8.45. The number of halogens is 2. The Hall–Kier alpha value is -1.49. The van der Waals surface area contributed by atoms with Gasteiger partial charge < -0.3 is 10.2 Å². The smallest absolute Gasteiger partial charge is 0.222 e. The van der Waals surface area contributed by atoms with Gasteiger partial charge in [-0.25, -0.2) is 8.78 Å². The number of hydrogen-bond acceptors (Lipinski definition) is 2. The summed E-state index contributed by atoms with van der Waals surface area (Å²) in [6, 6.07) is 3.50. The second kappa shape index (κ2) is 7.86. The summed E-state index contributed by atoms with van der Waals surface area (Å²) >= 11 is 0. The highest BCUT2D eigenvalue weighted by atomic mass is 19.1. The maximum Gasteiger partial charge on any atom is 0.222 e. The highest BCUT2D eigenvalue weighted by Gasteiger charge is 2.31. The molecule has 128 valence electrons. The van der Waals surface area contributed by atoms with E-state index in [-0.39, 0.29) is 18.0 Å². The predicted octanol–water partition coefficient (Wildman–Crippen LogP) is 3.65. The molecule has 0 aliphatic carbocycles. The van der Waals surface area contributed by atoms with Crippen LogP contribution in [0.15, 0.2) is 18.2 Å². The maximum atomic E-state index is 13.9. The summed E-state index contributed by atoms with van der Waals surface area (Å²) in [7, 11) is 0. The minimum atomic E-state index is -0.426. The molecule has 0 bridgehead atoms. The topological polar surface area (TPSA) is 32.3 Å². The molecule has 1 amide bonds. The van der Waals surface area contributed by atoms with Crippen LogP contribution in [0.2, 0.25) is 0 Å². The Kier molecular flexibility index (Phi) is 6.10. The quantitative estimate of drug-likeness (QED) is 0.896. The summed E-state index contributed by atoms with van der Waals surface area (Å²) in [6.45, 7) is 7.29. The summed E-state index contributed by atoms with van der Waals surface area (Å²) < 4.78 is 27.3. The first-order valence-electron chi connectivity index (χ1n) is 8.45. The molecule has 3 unspecified atom stereocenters. The molecule has 0 aromatic heterocycles. The highest BCUT2D eigenvalue weighted by Crippen LogP contribution is 2.25. The lowest BCUT2D eigenvalue weighted by atomic mass is 9.88. The number of nitrogens with one attached hydrogen (secondary N) is 1. The second-order valence-electron chi connectivity index (χ2n) is 6.31. The number of likely N-dealkylation sites (tertiary alicyclic amines) is 1. The number of carbonyl (C=O) groups is 1. The molecule has 23 heavy (non-hydrogen) atoms. The molecular formula is C18H26F2N2O. The van der Waals surface area contributed by atoms with E-state index in [9.17, 15) is 13.6 Å². The Morgan fingerprint density at radius 1 is 1.39 bits per heavy atom. The fourth-order valence-electron chi connectivity index (χ4n) is 3.37. The van der Waals surface area contributed by atoms with Gasteiger partial charge in [-0.15, -0.1) is 0 Å². The van der Waals surface area contributed by atoms with Crippen LogP contribution in [0.3, 0.4) is 0 Å². The number of nitrogens with zero attached hydrogens (tertiary/aromatic N) is 1. The van der Waals surface area contributed by atoms with Gasteiger partial charge in [-0.1, -0.05) is 20.3 Å². The average Bonchev–Trinajstić information content (AvgIpc) is 2.56. The van der Waals surface area contributed by atoms with Crippen LogP contribution in [0.5, 0.6) is 0 Å². The van der Waals surface area contributed by atoms with E-state index >= 15 is 0 Å². The Labute approximate surface area is 137 Å². The SMILES string of the molecule is CCC(=O)N1CCC(NC(C)c2cc(F)ccc2F)C(CC)C1. The molecule has 0 spiro atoms. The molecule has 1 fully saturated rings. The van der Waals surface area contributed by atoms with Gasteiger partial charge in [-0.3, -0.25) is 4.79 Å². The first kappa shape index (κ1) is 17.9. The van der Waals surface area contributed by atoms with Crippen molar-refractivity contribution in [3.8, 4) is 0 Å². The summed E-state index contributed by atoms with van der Waals surface area (Å²) in [5.41, 5.74) is 0.354. The van der Waals surface area contributed by atoms with Crippen LogP contribution >= 0.6 is 0 Å². The fraction of sp³-hybridized carbons (Fsp3) is 0.611. The number of carbonyl (C=O) groups excluding carboxylic acids is 1. The lowest BCUT2D eigenvalue weighted by molar-refractivity contribution is -0.133. The molecule has 3 atom stereocenters. The lowest BCUT2D eigenvalue weighted by Gasteiger charge is -2.40. The molecule has 1 aliphatic rings. The van der Waals surface area contributed by atoms with Crippen molar-refractivity contribution in [1.82, 2.24) is 10.2 Å². The van der Waals surface area contributed by atoms with Crippen LogP contribution in [-0.4, -0.2) is 29.9 Å². The normalized spacial score (nSPS) is 22.9. The van der Waals surface area contributed by atoms with Gasteiger partial charge in [0.15, 0.2) is 0 Å². The fourth-order valence-corrected chi connectivity index (χ4v) is 3.37. The highest BCUT2D eigenvalue weighted by molar-refractivity contribution is 5.75. The summed E-state index contributed by atoms with van der Waals surface area (Å²) in [6.07, 6.45) is 2.31. The van der Waals surface area contributed by atoms with Crippen molar-refractivity contribution in [3.05, 3.63) is 35.4 Å². The number of benzene rings is 1. The molecule has 0 saturated carbocycles. The Bertz CT molecular complexity index is 550. The van der Waals surface area contributed by atoms with Crippen molar-refractivity contribution in [2.75, 3.05) is 13.1 Å². The zero-order chi connectivity index (χ0) is 17.0. The van der Waals surface area contributed by atoms with Crippen molar-refractivity contribution in [3.63, 3.8) is 0 Å². The van der Waals surface area contributed by atoms with Crippen LogP contribution in [0, 0.1) is 17.6 Å². The zero-order valence-corrected chi connectivity index (χ0v) is 14.1. The predicted molar refractivity (Wildman–Crippen MR) is 87.0 cm³/mol. The van der Waals surface area contributed by atoms with Crippen molar-refractivity contribution >= 4 is 5.91 Å².